The minimum Gasteiger partial charge on any atom is -0.383 e. The Labute approximate surface area is 92.8 Å². The molecule has 0 aromatic carbocycles. The average molecular weight is 216 g/mol. The van der Waals surface area contributed by atoms with E-state index in [1.54, 1.807) is 7.11 Å². The van der Waals surface area contributed by atoms with Crippen LogP contribution in [-0.4, -0.2) is 38.8 Å². The zero-order chi connectivity index (χ0) is 11.7. The highest BCUT2D eigenvalue weighted by Gasteiger charge is 2.10. The van der Waals surface area contributed by atoms with Crippen molar-refractivity contribution >= 4 is 5.91 Å². The van der Waals surface area contributed by atoms with Crippen molar-refractivity contribution < 1.29 is 9.53 Å². The van der Waals surface area contributed by atoms with E-state index in [-0.39, 0.29) is 5.91 Å². The number of amides is 1. The molecule has 2 unspecified atom stereocenters. The van der Waals surface area contributed by atoms with E-state index >= 15 is 0 Å². The SMILES string of the molecule is CCC(C)C(C)NCC(=O)NCCOC. The molecule has 0 aliphatic heterocycles. The number of nitrogens with one attached hydrogen (secondary N) is 2. The fourth-order valence-electron chi connectivity index (χ4n) is 1.16. The predicted octanol–water partition coefficient (Wildman–Crippen LogP) is 0.773. The summed E-state index contributed by atoms with van der Waals surface area (Å²) in [7, 11) is 1.62. The van der Waals surface area contributed by atoms with Crippen molar-refractivity contribution in [3.05, 3.63) is 0 Å². The van der Waals surface area contributed by atoms with Crippen LogP contribution >= 0.6 is 0 Å². The lowest BCUT2D eigenvalue weighted by molar-refractivity contribution is -0.120. The summed E-state index contributed by atoms with van der Waals surface area (Å²) in [5.74, 6) is 0.624. The van der Waals surface area contributed by atoms with Crippen molar-refractivity contribution in [1.82, 2.24) is 10.6 Å². The molecule has 15 heavy (non-hydrogen) atoms. The molecular weight excluding hydrogens is 192 g/mol. The van der Waals surface area contributed by atoms with E-state index in [4.69, 9.17) is 4.74 Å². The highest BCUT2D eigenvalue weighted by molar-refractivity contribution is 5.77. The van der Waals surface area contributed by atoms with Gasteiger partial charge in [0.05, 0.1) is 13.2 Å². The number of ether oxygens (including phenoxy) is 1. The molecule has 0 bridgehead atoms. The van der Waals surface area contributed by atoms with Crippen LogP contribution in [0.3, 0.4) is 0 Å². The zero-order valence-electron chi connectivity index (χ0n) is 10.3. The van der Waals surface area contributed by atoms with E-state index in [2.05, 4.69) is 31.4 Å². The highest BCUT2D eigenvalue weighted by Crippen LogP contribution is 2.05. The summed E-state index contributed by atoms with van der Waals surface area (Å²) in [4.78, 5) is 11.3. The van der Waals surface area contributed by atoms with Gasteiger partial charge < -0.3 is 15.4 Å². The van der Waals surface area contributed by atoms with E-state index in [9.17, 15) is 4.79 Å². The second-order valence-corrected chi connectivity index (χ2v) is 3.90. The molecule has 0 aromatic rings. The summed E-state index contributed by atoms with van der Waals surface area (Å²) < 4.78 is 4.84. The minimum atomic E-state index is 0.0298. The molecule has 0 saturated carbocycles. The smallest absolute Gasteiger partial charge is 0.234 e. The average Bonchev–Trinajstić information content (AvgIpc) is 2.25. The first-order valence-corrected chi connectivity index (χ1v) is 5.60. The molecule has 0 radical (unpaired) electrons. The van der Waals surface area contributed by atoms with Gasteiger partial charge >= 0.3 is 0 Å². The summed E-state index contributed by atoms with van der Waals surface area (Å²) in [6.07, 6.45) is 1.12. The maximum atomic E-state index is 11.3. The van der Waals surface area contributed by atoms with Crippen LogP contribution in [0.25, 0.3) is 0 Å². The Bertz CT molecular complexity index is 174. The first kappa shape index (κ1) is 14.4. The maximum absolute atomic E-state index is 11.3. The summed E-state index contributed by atoms with van der Waals surface area (Å²) in [6.45, 7) is 7.97. The van der Waals surface area contributed by atoms with Gasteiger partial charge in [0.1, 0.15) is 0 Å². The number of rotatable bonds is 8. The van der Waals surface area contributed by atoms with Gasteiger partial charge in [0.15, 0.2) is 0 Å². The Hall–Kier alpha value is -0.610. The van der Waals surface area contributed by atoms with Gasteiger partial charge in [-0.05, 0) is 12.8 Å². The Balaban J connectivity index is 3.52. The molecule has 0 aliphatic carbocycles. The molecule has 2 N–H and O–H groups in total. The lowest BCUT2D eigenvalue weighted by atomic mass is 10.0. The molecule has 0 spiro atoms. The van der Waals surface area contributed by atoms with Crippen molar-refractivity contribution in [1.29, 1.82) is 0 Å². The van der Waals surface area contributed by atoms with Gasteiger partial charge in [-0.3, -0.25) is 4.79 Å². The van der Waals surface area contributed by atoms with Crippen molar-refractivity contribution in [3.8, 4) is 0 Å². The lowest BCUT2D eigenvalue weighted by Gasteiger charge is -2.19. The van der Waals surface area contributed by atoms with Crippen molar-refractivity contribution in [2.24, 2.45) is 5.92 Å². The summed E-state index contributed by atoms with van der Waals surface area (Å²) in [5, 5.41) is 5.98. The van der Waals surface area contributed by atoms with E-state index in [1.165, 1.54) is 0 Å². The minimum absolute atomic E-state index is 0.0298. The second kappa shape index (κ2) is 8.68. The first-order chi connectivity index (χ1) is 7.11. The number of hydrogen-bond donors (Lipinski definition) is 2. The molecular formula is C11H24N2O2. The van der Waals surface area contributed by atoms with E-state index in [0.29, 0.717) is 31.7 Å². The van der Waals surface area contributed by atoms with Crippen LogP contribution in [0.5, 0.6) is 0 Å². The van der Waals surface area contributed by atoms with Gasteiger partial charge in [-0.2, -0.15) is 0 Å². The molecule has 1 amide bonds. The summed E-state index contributed by atoms with van der Waals surface area (Å²) in [5.41, 5.74) is 0. The molecule has 90 valence electrons. The number of methoxy groups -OCH3 is 1. The lowest BCUT2D eigenvalue weighted by Crippen LogP contribution is -2.41. The zero-order valence-corrected chi connectivity index (χ0v) is 10.3. The van der Waals surface area contributed by atoms with Crippen LogP contribution < -0.4 is 10.6 Å². The second-order valence-electron chi connectivity index (χ2n) is 3.90. The predicted molar refractivity (Wildman–Crippen MR) is 61.8 cm³/mol. The topological polar surface area (TPSA) is 50.4 Å². The maximum Gasteiger partial charge on any atom is 0.234 e. The van der Waals surface area contributed by atoms with Gasteiger partial charge in [0, 0.05) is 19.7 Å². The highest BCUT2D eigenvalue weighted by atomic mass is 16.5. The fourth-order valence-corrected chi connectivity index (χ4v) is 1.16. The number of hydrogen-bond acceptors (Lipinski definition) is 3. The van der Waals surface area contributed by atoms with E-state index in [0.717, 1.165) is 6.42 Å². The standard InChI is InChI=1S/C11H24N2O2/c1-5-9(2)10(3)13-8-11(14)12-6-7-15-4/h9-10,13H,5-8H2,1-4H3,(H,12,14). The third kappa shape index (κ3) is 7.33. The van der Waals surface area contributed by atoms with E-state index in [1.807, 2.05) is 0 Å². The Morgan fingerprint density at radius 1 is 1.40 bits per heavy atom. The van der Waals surface area contributed by atoms with Crippen LogP contribution in [0.1, 0.15) is 27.2 Å². The van der Waals surface area contributed by atoms with Crippen molar-refractivity contribution in [2.45, 2.75) is 33.2 Å². The largest absolute Gasteiger partial charge is 0.383 e. The Kier molecular flexibility index (Phi) is 8.33. The summed E-state index contributed by atoms with van der Waals surface area (Å²) >= 11 is 0. The van der Waals surface area contributed by atoms with Gasteiger partial charge in [-0.15, -0.1) is 0 Å². The molecule has 0 heterocycles. The fraction of sp³-hybridized carbons (Fsp3) is 0.909. The van der Waals surface area contributed by atoms with Crippen LogP contribution in [0, 0.1) is 5.92 Å². The molecule has 0 saturated heterocycles. The van der Waals surface area contributed by atoms with Crippen molar-refractivity contribution in [3.63, 3.8) is 0 Å². The van der Waals surface area contributed by atoms with Gasteiger partial charge in [0.25, 0.3) is 0 Å². The Morgan fingerprint density at radius 3 is 2.60 bits per heavy atom. The van der Waals surface area contributed by atoms with Crippen LogP contribution in [0.2, 0.25) is 0 Å². The molecule has 4 nitrogen and oxygen atoms in total. The van der Waals surface area contributed by atoms with Gasteiger partial charge in [0.2, 0.25) is 5.91 Å². The normalized spacial score (nSPS) is 14.7. The quantitative estimate of drug-likeness (QED) is 0.589. The third-order valence-electron chi connectivity index (χ3n) is 2.71. The van der Waals surface area contributed by atoms with Crippen LogP contribution in [-0.2, 0) is 9.53 Å². The molecule has 0 aromatic heterocycles. The van der Waals surface area contributed by atoms with Crippen LogP contribution in [0.4, 0.5) is 0 Å². The molecule has 2 atom stereocenters. The van der Waals surface area contributed by atoms with Gasteiger partial charge in [-0.25, -0.2) is 0 Å². The Morgan fingerprint density at radius 2 is 2.07 bits per heavy atom. The van der Waals surface area contributed by atoms with E-state index < -0.39 is 0 Å². The monoisotopic (exact) mass is 216 g/mol. The molecule has 0 aliphatic rings. The first-order valence-electron chi connectivity index (χ1n) is 5.60. The molecule has 0 rings (SSSR count). The summed E-state index contributed by atoms with van der Waals surface area (Å²) in [6, 6.07) is 0.378. The van der Waals surface area contributed by atoms with Crippen molar-refractivity contribution in [2.75, 3.05) is 26.8 Å². The number of carbonyl (C=O) groups is 1. The third-order valence-corrected chi connectivity index (χ3v) is 2.71. The van der Waals surface area contributed by atoms with Gasteiger partial charge in [-0.1, -0.05) is 20.3 Å². The number of carbonyl (C=O) groups excluding carboxylic acids is 1. The molecule has 4 heteroatoms. The molecule has 0 fully saturated rings. The van der Waals surface area contributed by atoms with Crippen LogP contribution in [0.15, 0.2) is 0 Å².